The van der Waals surface area contributed by atoms with E-state index >= 15 is 0 Å². The van der Waals surface area contributed by atoms with Crippen LogP contribution in [0.3, 0.4) is 0 Å². The first kappa shape index (κ1) is 37.8. The van der Waals surface area contributed by atoms with E-state index in [1.54, 1.807) is 43.3 Å². The van der Waals surface area contributed by atoms with Crippen molar-refractivity contribution in [3.8, 4) is 5.75 Å². The number of anilines is 2. The third-order valence-corrected chi connectivity index (χ3v) is 10.4. The van der Waals surface area contributed by atoms with E-state index in [9.17, 15) is 27.5 Å². The standard InChI is InChI=1S/C36H47FN4O7S/c1-24-9-16-31(17-10-24)49(45,46)40(5)22-34-25(2)21-41(26(3)23-42)35(43)32-20-30(39-36(44)38-29-13-11-28(37)12-14-29)15-18-33(32)48-27(4)8-6-7-19-47-34/h9-18,20,25-27,34,42H,6-8,19,21-23H2,1-5H3,(H2,38,39,44)/t25-,26+,27-,34+/m1/s1. The van der Waals surface area contributed by atoms with Crippen molar-refractivity contribution in [3.05, 3.63) is 83.7 Å². The van der Waals surface area contributed by atoms with Crippen LogP contribution in [0.1, 0.15) is 56.0 Å². The SMILES string of the molecule is Cc1ccc(S(=O)(=O)N(C)C[C@@H]2OCCCC[C@@H](C)Oc3ccc(NC(=O)Nc4ccc(F)cc4)cc3C(=O)N([C@@H](C)CO)C[C@H]2C)cc1. The average Bonchev–Trinajstić information content (AvgIpc) is 3.07. The molecule has 0 bridgehead atoms. The van der Waals surface area contributed by atoms with Gasteiger partial charge in [0.25, 0.3) is 5.91 Å². The van der Waals surface area contributed by atoms with Crippen molar-refractivity contribution in [1.29, 1.82) is 0 Å². The number of urea groups is 1. The van der Waals surface area contributed by atoms with Crippen LogP contribution in [0.4, 0.5) is 20.6 Å². The smallest absolute Gasteiger partial charge is 0.323 e. The first-order valence-corrected chi connectivity index (χ1v) is 17.9. The second-order valence-electron chi connectivity index (χ2n) is 12.7. The van der Waals surface area contributed by atoms with Crippen molar-refractivity contribution in [2.45, 2.75) is 70.1 Å². The van der Waals surface area contributed by atoms with E-state index in [0.29, 0.717) is 30.2 Å². The Morgan fingerprint density at radius 2 is 1.69 bits per heavy atom. The molecule has 49 heavy (non-hydrogen) atoms. The highest BCUT2D eigenvalue weighted by molar-refractivity contribution is 7.89. The second kappa shape index (κ2) is 17.1. The molecule has 1 aliphatic rings. The molecule has 11 nitrogen and oxygen atoms in total. The second-order valence-corrected chi connectivity index (χ2v) is 14.7. The van der Waals surface area contributed by atoms with Crippen LogP contribution >= 0.6 is 0 Å². The first-order valence-electron chi connectivity index (χ1n) is 16.5. The maximum absolute atomic E-state index is 14.3. The Bertz CT molecular complexity index is 1670. The third-order valence-electron chi connectivity index (χ3n) is 8.58. The Labute approximate surface area is 288 Å². The highest BCUT2D eigenvalue weighted by atomic mass is 32.2. The van der Waals surface area contributed by atoms with Crippen LogP contribution in [0.5, 0.6) is 5.75 Å². The number of likely N-dealkylation sites (N-methyl/N-ethyl adjacent to an activating group) is 1. The zero-order valence-electron chi connectivity index (χ0n) is 28.7. The van der Waals surface area contributed by atoms with Crippen LogP contribution in [0.2, 0.25) is 0 Å². The van der Waals surface area contributed by atoms with E-state index in [1.807, 2.05) is 20.8 Å². The minimum absolute atomic E-state index is 0.0558. The van der Waals surface area contributed by atoms with Gasteiger partial charge >= 0.3 is 6.03 Å². The van der Waals surface area contributed by atoms with Gasteiger partial charge in [0.1, 0.15) is 11.6 Å². The molecule has 0 saturated heterocycles. The number of carbonyl (C=O) groups excluding carboxylic acids is 2. The number of aryl methyl sites for hydroxylation is 1. The number of ether oxygens (including phenoxy) is 2. The summed E-state index contributed by atoms with van der Waals surface area (Å²) in [5.41, 5.74) is 1.84. The first-order chi connectivity index (χ1) is 23.3. The summed E-state index contributed by atoms with van der Waals surface area (Å²) in [6.45, 7) is 7.68. The number of nitrogens with one attached hydrogen (secondary N) is 2. The Kier molecular flexibility index (Phi) is 13.2. The molecule has 13 heteroatoms. The van der Waals surface area contributed by atoms with Gasteiger partial charge in [-0.15, -0.1) is 0 Å². The number of sulfonamides is 1. The Balaban J connectivity index is 1.62. The van der Waals surface area contributed by atoms with Crippen LogP contribution in [-0.2, 0) is 14.8 Å². The van der Waals surface area contributed by atoms with Gasteiger partial charge in [0, 0.05) is 44.0 Å². The number of hydrogen-bond donors (Lipinski definition) is 3. The van der Waals surface area contributed by atoms with E-state index in [4.69, 9.17) is 9.47 Å². The maximum atomic E-state index is 14.3. The van der Waals surface area contributed by atoms with Crippen molar-refractivity contribution in [2.75, 3.05) is 44.0 Å². The topological polar surface area (TPSA) is 138 Å². The van der Waals surface area contributed by atoms with Crippen molar-refractivity contribution < 1.29 is 37.0 Å². The summed E-state index contributed by atoms with van der Waals surface area (Å²) in [5, 5.41) is 15.6. The van der Waals surface area contributed by atoms with Crippen LogP contribution in [0, 0.1) is 18.7 Å². The Morgan fingerprint density at radius 1 is 1.04 bits per heavy atom. The molecule has 4 atom stereocenters. The zero-order valence-corrected chi connectivity index (χ0v) is 29.5. The largest absolute Gasteiger partial charge is 0.490 e. The molecule has 0 radical (unpaired) electrons. The quantitative estimate of drug-likeness (QED) is 0.267. The van der Waals surface area contributed by atoms with E-state index in [2.05, 4.69) is 10.6 Å². The number of fused-ring (bicyclic) bond motifs is 1. The predicted octanol–water partition coefficient (Wildman–Crippen LogP) is 5.89. The molecule has 0 unspecified atom stereocenters. The molecule has 0 saturated carbocycles. The highest BCUT2D eigenvalue weighted by Gasteiger charge is 2.32. The van der Waals surface area contributed by atoms with E-state index in [1.165, 1.54) is 46.6 Å². The number of aliphatic hydroxyl groups excluding tert-OH is 1. The van der Waals surface area contributed by atoms with E-state index < -0.39 is 39.9 Å². The molecule has 0 aromatic heterocycles. The monoisotopic (exact) mass is 698 g/mol. The predicted molar refractivity (Wildman–Crippen MR) is 187 cm³/mol. The fraction of sp³-hybridized carbons (Fsp3) is 0.444. The summed E-state index contributed by atoms with van der Waals surface area (Å²) in [5.74, 6) is -0.881. The minimum atomic E-state index is -3.81. The minimum Gasteiger partial charge on any atom is -0.490 e. The van der Waals surface area contributed by atoms with Crippen LogP contribution in [0.15, 0.2) is 71.6 Å². The summed E-state index contributed by atoms with van der Waals surface area (Å²) in [6, 6.07) is 15.6. The lowest BCUT2D eigenvalue weighted by Crippen LogP contribution is -2.48. The van der Waals surface area contributed by atoms with Gasteiger partial charge in [-0.05, 0) is 94.6 Å². The number of amides is 3. The fourth-order valence-electron chi connectivity index (χ4n) is 5.53. The van der Waals surface area contributed by atoms with Gasteiger partial charge in [-0.2, -0.15) is 4.31 Å². The molecule has 3 aromatic rings. The summed E-state index contributed by atoms with van der Waals surface area (Å²) < 4.78 is 54.1. The van der Waals surface area contributed by atoms with Crippen molar-refractivity contribution in [1.82, 2.24) is 9.21 Å². The van der Waals surface area contributed by atoms with E-state index in [-0.39, 0.29) is 42.2 Å². The molecule has 3 N–H and O–H groups in total. The highest BCUT2D eigenvalue weighted by Crippen LogP contribution is 2.29. The van der Waals surface area contributed by atoms with Crippen molar-refractivity contribution in [3.63, 3.8) is 0 Å². The molecule has 0 aliphatic carbocycles. The molecular weight excluding hydrogens is 651 g/mol. The molecule has 3 amide bonds. The van der Waals surface area contributed by atoms with Gasteiger partial charge in [0.2, 0.25) is 10.0 Å². The number of hydrogen-bond acceptors (Lipinski definition) is 7. The van der Waals surface area contributed by atoms with Crippen molar-refractivity contribution in [2.24, 2.45) is 5.92 Å². The molecule has 0 fully saturated rings. The average molecular weight is 699 g/mol. The molecule has 3 aromatic carbocycles. The lowest BCUT2D eigenvalue weighted by atomic mass is 10.0. The molecule has 0 spiro atoms. The van der Waals surface area contributed by atoms with Crippen LogP contribution in [0.25, 0.3) is 0 Å². The zero-order chi connectivity index (χ0) is 35.7. The fourth-order valence-corrected chi connectivity index (χ4v) is 6.71. The molecule has 1 aliphatic heterocycles. The normalized spacial score (nSPS) is 20.1. The summed E-state index contributed by atoms with van der Waals surface area (Å²) >= 11 is 0. The number of aliphatic hydroxyl groups is 1. The summed E-state index contributed by atoms with van der Waals surface area (Å²) in [4.78, 5) is 28.8. The lowest BCUT2D eigenvalue weighted by molar-refractivity contribution is -0.00833. The molecule has 4 rings (SSSR count). The van der Waals surface area contributed by atoms with Crippen LogP contribution < -0.4 is 15.4 Å². The molecule has 266 valence electrons. The molecular formula is C36H47FN4O7S. The number of benzene rings is 3. The number of rotatable bonds is 8. The van der Waals surface area contributed by atoms with Crippen molar-refractivity contribution >= 4 is 33.3 Å². The Morgan fingerprint density at radius 3 is 2.37 bits per heavy atom. The number of nitrogens with zero attached hydrogens (tertiary/aromatic N) is 2. The van der Waals surface area contributed by atoms with E-state index in [0.717, 1.165) is 18.4 Å². The Hall–Kier alpha value is -4.04. The van der Waals surface area contributed by atoms with Gasteiger partial charge in [0.15, 0.2) is 0 Å². The van der Waals surface area contributed by atoms with Gasteiger partial charge in [-0.25, -0.2) is 17.6 Å². The van der Waals surface area contributed by atoms with Gasteiger partial charge < -0.3 is 30.1 Å². The summed E-state index contributed by atoms with van der Waals surface area (Å²) in [7, 11) is -2.29. The third kappa shape index (κ3) is 10.2. The van der Waals surface area contributed by atoms with Gasteiger partial charge in [0.05, 0.1) is 35.3 Å². The lowest BCUT2D eigenvalue weighted by Gasteiger charge is -2.35. The van der Waals surface area contributed by atoms with Crippen LogP contribution in [-0.4, -0.2) is 86.3 Å². The maximum Gasteiger partial charge on any atom is 0.323 e. The molecule has 1 heterocycles. The number of carbonyl (C=O) groups is 2. The summed E-state index contributed by atoms with van der Waals surface area (Å²) in [6.07, 6.45) is 1.36. The van der Waals surface area contributed by atoms with Gasteiger partial charge in [-0.1, -0.05) is 24.6 Å². The van der Waals surface area contributed by atoms with Gasteiger partial charge in [-0.3, -0.25) is 4.79 Å². The number of halogens is 1.